The Morgan fingerprint density at radius 3 is 2.36 bits per heavy atom. The SMILES string of the molecule is CCCCCc1ccc(C2=Cc3cc(F)c(OC(F)(F)F)c(F)c3CC2)cc1. The van der Waals surface area contributed by atoms with E-state index in [-0.39, 0.29) is 17.5 Å². The van der Waals surface area contributed by atoms with Crippen molar-refractivity contribution in [2.24, 2.45) is 0 Å². The zero-order valence-corrected chi connectivity index (χ0v) is 15.5. The molecule has 0 atom stereocenters. The highest BCUT2D eigenvalue weighted by Gasteiger charge is 2.35. The fourth-order valence-corrected chi connectivity index (χ4v) is 3.46. The summed E-state index contributed by atoms with van der Waals surface area (Å²) < 4.78 is 69.0. The normalized spacial score (nSPS) is 13.9. The zero-order valence-electron chi connectivity index (χ0n) is 15.5. The predicted molar refractivity (Wildman–Crippen MR) is 98.9 cm³/mol. The number of halogens is 5. The first-order chi connectivity index (χ1) is 13.3. The lowest BCUT2D eigenvalue weighted by Gasteiger charge is -2.20. The van der Waals surface area contributed by atoms with Crippen LogP contribution in [0.3, 0.4) is 0 Å². The number of fused-ring (bicyclic) bond motifs is 1. The Morgan fingerprint density at radius 2 is 1.71 bits per heavy atom. The molecular weight excluding hydrogens is 375 g/mol. The van der Waals surface area contributed by atoms with Gasteiger partial charge in [-0.25, -0.2) is 8.78 Å². The summed E-state index contributed by atoms with van der Waals surface area (Å²) in [5.74, 6) is -4.04. The molecule has 3 rings (SSSR count). The highest BCUT2D eigenvalue weighted by atomic mass is 19.4. The van der Waals surface area contributed by atoms with Crippen LogP contribution in [-0.2, 0) is 12.8 Å². The number of hydrogen-bond acceptors (Lipinski definition) is 1. The van der Waals surface area contributed by atoms with Crippen molar-refractivity contribution in [3.8, 4) is 5.75 Å². The van der Waals surface area contributed by atoms with Crippen LogP contribution in [0.2, 0.25) is 0 Å². The summed E-state index contributed by atoms with van der Waals surface area (Å²) in [5.41, 5.74) is 3.37. The van der Waals surface area contributed by atoms with Crippen LogP contribution < -0.4 is 4.74 Å². The molecule has 28 heavy (non-hydrogen) atoms. The van der Waals surface area contributed by atoms with Gasteiger partial charge in [-0.1, -0.05) is 50.1 Å². The zero-order chi connectivity index (χ0) is 20.3. The summed E-state index contributed by atoms with van der Waals surface area (Å²) in [7, 11) is 0. The van der Waals surface area contributed by atoms with Gasteiger partial charge < -0.3 is 4.74 Å². The number of alkyl halides is 3. The summed E-state index contributed by atoms with van der Waals surface area (Å²) in [6.45, 7) is 2.15. The summed E-state index contributed by atoms with van der Waals surface area (Å²) in [4.78, 5) is 0. The average molecular weight is 396 g/mol. The number of aryl methyl sites for hydroxylation is 1. The van der Waals surface area contributed by atoms with Gasteiger partial charge in [0.25, 0.3) is 0 Å². The van der Waals surface area contributed by atoms with E-state index in [2.05, 4.69) is 11.7 Å². The molecule has 0 unspecified atom stereocenters. The molecule has 0 heterocycles. The lowest BCUT2D eigenvalue weighted by atomic mass is 9.87. The van der Waals surface area contributed by atoms with Crippen LogP contribution in [0.15, 0.2) is 30.3 Å². The van der Waals surface area contributed by atoms with Crippen molar-refractivity contribution in [3.05, 3.63) is 64.2 Å². The van der Waals surface area contributed by atoms with E-state index in [4.69, 9.17) is 0 Å². The van der Waals surface area contributed by atoms with Gasteiger partial charge in [0, 0.05) is 0 Å². The van der Waals surface area contributed by atoms with Crippen LogP contribution >= 0.6 is 0 Å². The Morgan fingerprint density at radius 1 is 1.00 bits per heavy atom. The molecule has 0 saturated carbocycles. The van der Waals surface area contributed by atoms with Crippen molar-refractivity contribution >= 4 is 11.6 Å². The molecule has 2 aromatic rings. The summed E-state index contributed by atoms with van der Waals surface area (Å²) in [6, 6.07) is 8.95. The lowest BCUT2D eigenvalue weighted by Crippen LogP contribution is -2.20. The minimum Gasteiger partial charge on any atom is -0.399 e. The maximum Gasteiger partial charge on any atom is 0.573 e. The van der Waals surface area contributed by atoms with Crippen molar-refractivity contribution in [1.29, 1.82) is 0 Å². The van der Waals surface area contributed by atoms with E-state index in [1.165, 1.54) is 12.0 Å². The van der Waals surface area contributed by atoms with E-state index in [1.807, 2.05) is 24.3 Å². The van der Waals surface area contributed by atoms with Gasteiger partial charge in [-0.3, -0.25) is 0 Å². The third-order valence-electron chi connectivity index (χ3n) is 4.90. The maximum absolute atomic E-state index is 14.4. The molecule has 0 bridgehead atoms. The Balaban J connectivity index is 1.85. The van der Waals surface area contributed by atoms with Crippen molar-refractivity contribution < 1.29 is 26.7 Å². The molecule has 0 fully saturated rings. The molecule has 0 aromatic heterocycles. The van der Waals surface area contributed by atoms with Gasteiger partial charge in [-0.15, -0.1) is 13.2 Å². The third-order valence-corrected chi connectivity index (χ3v) is 4.90. The molecule has 150 valence electrons. The molecule has 1 aliphatic carbocycles. The van der Waals surface area contributed by atoms with Gasteiger partial charge >= 0.3 is 6.36 Å². The number of hydrogen-bond donors (Lipinski definition) is 0. The Kier molecular flexibility index (Phi) is 6.06. The fourth-order valence-electron chi connectivity index (χ4n) is 3.46. The first-order valence-corrected chi connectivity index (χ1v) is 9.35. The first kappa shape index (κ1) is 20.4. The van der Waals surface area contributed by atoms with Crippen LogP contribution in [0.25, 0.3) is 11.6 Å². The second-order valence-corrected chi connectivity index (χ2v) is 6.94. The molecule has 0 aliphatic heterocycles. The topological polar surface area (TPSA) is 9.23 Å². The number of allylic oxidation sites excluding steroid dienone is 1. The minimum atomic E-state index is -5.15. The fraction of sp³-hybridized carbons (Fsp3) is 0.364. The van der Waals surface area contributed by atoms with Gasteiger partial charge in [-0.2, -0.15) is 0 Å². The van der Waals surface area contributed by atoms with Gasteiger partial charge in [0.1, 0.15) is 0 Å². The van der Waals surface area contributed by atoms with E-state index in [9.17, 15) is 22.0 Å². The minimum absolute atomic E-state index is 0.0422. The van der Waals surface area contributed by atoms with Gasteiger partial charge in [0.15, 0.2) is 11.6 Å². The van der Waals surface area contributed by atoms with E-state index < -0.39 is 23.7 Å². The number of rotatable bonds is 6. The lowest BCUT2D eigenvalue weighted by molar-refractivity contribution is -0.276. The Bertz CT molecular complexity index is 866. The van der Waals surface area contributed by atoms with Crippen molar-refractivity contribution in [2.75, 3.05) is 0 Å². The molecule has 0 radical (unpaired) electrons. The van der Waals surface area contributed by atoms with E-state index in [0.717, 1.165) is 36.5 Å². The molecule has 2 aromatic carbocycles. The molecule has 0 spiro atoms. The molecule has 0 saturated heterocycles. The summed E-state index contributed by atoms with van der Waals surface area (Å²) in [5, 5.41) is 0. The largest absolute Gasteiger partial charge is 0.573 e. The van der Waals surface area contributed by atoms with Crippen LogP contribution in [0, 0.1) is 11.6 Å². The third kappa shape index (κ3) is 4.72. The standard InChI is InChI=1S/C22H21F5O/c1-2-3-4-5-14-6-8-15(9-7-14)16-10-11-18-17(12-16)13-19(23)21(20(18)24)28-22(25,26)27/h6-9,12-13H,2-5,10-11H2,1H3. The first-order valence-electron chi connectivity index (χ1n) is 9.35. The Labute approximate surface area is 160 Å². The van der Waals surface area contributed by atoms with Crippen LogP contribution in [-0.4, -0.2) is 6.36 Å². The second-order valence-electron chi connectivity index (χ2n) is 6.94. The second kappa shape index (κ2) is 8.33. The van der Waals surface area contributed by atoms with Crippen molar-refractivity contribution in [2.45, 2.75) is 51.8 Å². The van der Waals surface area contributed by atoms with Crippen LogP contribution in [0.1, 0.15) is 54.9 Å². The molecule has 1 aliphatic rings. The van der Waals surface area contributed by atoms with E-state index >= 15 is 0 Å². The number of ether oxygens (including phenoxy) is 1. The van der Waals surface area contributed by atoms with E-state index in [1.54, 1.807) is 6.08 Å². The summed E-state index contributed by atoms with van der Waals surface area (Å²) in [6.07, 6.45) is 1.60. The highest BCUT2D eigenvalue weighted by molar-refractivity contribution is 5.84. The van der Waals surface area contributed by atoms with Gasteiger partial charge in [0.05, 0.1) is 0 Å². The highest BCUT2D eigenvalue weighted by Crippen LogP contribution is 2.38. The number of benzene rings is 2. The average Bonchev–Trinajstić information content (AvgIpc) is 2.65. The van der Waals surface area contributed by atoms with E-state index in [0.29, 0.717) is 6.42 Å². The van der Waals surface area contributed by atoms with Crippen molar-refractivity contribution in [3.63, 3.8) is 0 Å². The van der Waals surface area contributed by atoms with Gasteiger partial charge in [0.2, 0.25) is 5.75 Å². The van der Waals surface area contributed by atoms with Crippen molar-refractivity contribution in [1.82, 2.24) is 0 Å². The Hall–Kier alpha value is -2.37. The predicted octanol–water partition coefficient (Wildman–Crippen LogP) is 7.08. The molecule has 6 heteroatoms. The molecule has 0 N–H and O–H groups in total. The molecule has 0 amide bonds. The monoisotopic (exact) mass is 396 g/mol. The van der Waals surface area contributed by atoms with Crippen LogP contribution in [0.5, 0.6) is 5.75 Å². The van der Waals surface area contributed by atoms with Gasteiger partial charge in [-0.05, 0) is 59.6 Å². The quantitative estimate of drug-likeness (QED) is 0.374. The molecule has 1 nitrogen and oxygen atoms in total. The smallest absolute Gasteiger partial charge is 0.399 e. The van der Waals surface area contributed by atoms with Crippen LogP contribution in [0.4, 0.5) is 22.0 Å². The summed E-state index contributed by atoms with van der Waals surface area (Å²) >= 11 is 0. The maximum atomic E-state index is 14.4. The number of unbranched alkanes of at least 4 members (excludes halogenated alkanes) is 2. The molecular formula is C22H21F5O.